The van der Waals surface area contributed by atoms with Crippen molar-refractivity contribution >= 4 is 28.1 Å². The maximum Gasteiger partial charge on any atom is 0.494 e. The molecule has 97 valence electrons. The molecular formula is C12H15AlN5O. The van der Waals surface area contributed by atoms with Gasteiger partial charge in [0.25, 0.3) is 0 Å². The Labute approximate surface area is 120 Å². The van der Waals surface area contributed by atoms with Crippen LogP contribution in [-0.4, -0.2) is 31.9 Å². The van der Waals surface area contributed by atoms with E-state index in [-0.39, 0.29) is 0 Å². The molecule has 2 heterocycles. The lowest BCUT2D eigenvalue weighted by molar-refractivity contribution is 0.372. The predicted octanol–water partition coefficient (Wildman–Crippen LogP) is 2.59. The molecule has 0 bridgehead atoms. The van der Waals surface area contributed by atoms with E-state index in [1.54, 1.807) is 10.9 Å². The van der Waals surface area contributed by atoms with Gasteiger partial charge in [0.2, 0.25) is 11.5 Å². The Kier molecular flexibility index (Phi) is 3.75. The molecule has 1 aromatic rings. The van der Waals surface area contributed by atoms with E-state index in [4.69, 9.17) is 10.4 Å². The van der Waals surface area contributed by atoms with Crippen LogP contribution in [-0.2, 0) is 10.2 Å². The van der Waals surface area contributed by atoms with Crippen molar-refractivity contribution in [2.75, 3.05) is 0 Å². The number of hydrogen-bond donors (Lipinski definition) is 0. The summed E-state index contributed by atoms with van der Waals surface area (Å²) in [4.78, 5) is 3.50. The lowest BCUT2D eigenvalue weighted by Crippen LogP contribution is -2.19. The summed E-state index contributed by atoms with van der Waals surface area (Å²) in [7, 11) is 0. The minimum atomic E-state index is -0.480. The molecule has 0 saturated heterocycles. The second kappa shape index (κ2) is 5.16. The van der Waals surface area contributed by atoms with Crippen molar-refractivity contribution in [3.05, 3.63) is 29.1 Å². The Morgan fingerprint density at radius 1 is 1.53 bits per heavy atom. The minimum absolute atomic E-state index is 0.480. The molecule has 0 fully saturated rings. The fraction of sp³-hybridized carbons (Fsp3) is 0.500. The van der Waals surface area contributed by atoms with Crippen LogP contribution in [0.25, 0.3) is 10.7 Å². The molecule has 1 radical (unpaired) electrons. The van der Waals surface area contributed by atoms with Crippen LogP contribution in [0.15, 0.2) is 22.2 Å². The van der Waals surface area contributed by atoms with Gasteiger partial charge in [0.1, 0.15) is 11.3 Å². The largest absolute Gasteiger partial charge is 0.649 e. The first kappa shape index (κ1) is 13.8. The highest BCUT2D eigenvalue weighted by atomic mass is 27.1. The van der Waals surface area contributed by atoms with E-state index in [0.717, 1.165) is 18.5 Å². The van der Waals surface area contributed by atoms with Crippen molar-refractivity contribution in [1.82, 2.24) is 9.78 Å². The zero-order valence-corrected chi connectivity index (χ0v) is 12.8. The highest BCUT2D eigenvalue weighted by Gasteiger charge is 2.33. The first-order valence-corrected chi connectivity index (χ1v) is 6.67. The molecule has 0 saturated carbocycles. The van der Waals surface area contributed by atoms with Crippen LogP contribution in [0.2, 0.25) is 0 Å². The fourth-order valence-electron chi connectivity index (χ4n) is 1.95. The number of nitrogens with zero attached hydrogens (tertiary/aromatic N) is 5. The molecular weight excluding hydrogens is 257 g/mol. The Bertz CT molecular complexity index is 594. The number of rotatable bonds is 4. The van der Waals surface area contributed by atoms with Crippen molar-refractivity contribution in [3.8, 4) is 0 Å². The summed E-state index contributed by atoms with van der Waals surface area (Å²) in [5.74, 6) is 1.24. The molecule has 0 unspecified atom stereocenters. The number of azo groups is 1. The summed E-state index contributed by atoms with van der Waals surface area (Å²) >= 11 is 1.39. The monoisotopic (exact) mass is 272 g/mol. The fourth-order valence-corrected chi connectivity index (χ4v) is 2.43. The van der Waals surface area contributed by atoms with Crippen LogP contribution in [0.1, 0.15) is 32.9 Å². The zero-order chi connectivity index (χ0) is 14.0. The molecule has 0 spiro atoms. The Morgan fingerprint density at radius 2 is 2.26 bits per heavy atom. The van der Waals surface area contributed by atoms with Gasteiger partial charge in [-0.05, 0) is 20.3 Å². The summed E-state index contributed by atoms with van der Waals surface area (Å²) in [5.41, 5.74) is 0.877. The molecule has 6 nitrogen and oxygen atoms in total. The number of aryl methyl sites for hydroxylation is 1. The standard InChI is InChI=1S/C12H15N5O.Al.H/c1-5-6-8-9(13-4)7-17(15-8)11-10(18)12(2,3)16-14-11;;/h7,18H,5-6H2,1-3H3;;/q;+1;/p-1. The Morgan fingerprint density at radius 3 is 2.84 bits per heavy atom. The smallest absolute Gasteiger partial charge is 0.494 e. The summed E-state index contributed by atoms with van der Waals surface area (Å²) in [5, 5.41) is 12.8. The Hall–Kier alpha value is -1.63. The van der Waals surface area contributed by atoms with E-state index in [1.807, 2.05) is 13.8 Å². The van der Waals surface area contributed by atoms with E-state index in [1.165, 1.54) is 16.6 Å². The van der Waals surface area contributed by atoms with Gasteiger partial charge in [-0.25, -0.2) is 9.53 Å². The SMILES string of the molecule is [C-]#[N+]c1cn(C2=C([O][AlH])C(C)(C)N=N2)nc1CCC. The van der Waals surface area contributed by atoms with Crippen LogP contribution in [0.4, 0.5) is 5.69 Å². The number of hydrogen-bond acceptors (Lipinski definition) is 4. The summed E-state index contributed by atoms with van der Waals surface area (Å²) in [6.07, 6.45) is 3.42. The third-order valence-corrected chi connectivity index (χ3v) is 3.18. The topological polar surface area (TPSA) is 56.1 Å². The van der Waals surface area contributed by atoms with Crippen LogP contribution >= 0.6 is 0 Å². The van der Waals surface area contributed by atoms with E-state index in [0.29, 0.717) is 17.3 Å². The lowest BCUT2D eigenvalue weighted by Gasteiger charge is -2.18. The zero-order valence-electron chi connectivity index (χ0n) is 11.3. The van der Waals surface area contributed by atoms with Gasteiger partial charge in [0.05, 0.1) is 12.3 Å². The van der Waals surface area contributed by atoms with Crippen LogP contribution in [0.3, 0.4) is 0 Å². The van der Waals surface area contributed by atoms with Gasteiger partial charge < -0.3 is 3.79 Å². The molecule has 7 heteroatoms. The predicted molar refractivity (Wildman–Crippen MR) is 72.9 cm³/mol. The highest BCUT2D eigenvalue weighted by Crippen LogP contribution is 2.35. The second-order valence-corrected chi connectivity index (χ2v) is 5.11. The average molecular weight is 272 g/mol. The molecule has 0 aliphatic carbocycles. The van der Waals surface area contributed by atoms with Gasteiger partial charge in [-0.1, -0.05) is 13.3 Å². The van der Waals surface area contributed by atoms with Crippen molar-refractivity contribution in [3.63, 3.8) is 0 Å². The average Bonchev–Trinajstić information content (AvgIpc) is 2.90. The molecule has 0 amide bonds. The molecule has 0 N–H and O–H groups in total. The van der Waals surface area contributed by atoms with Gasteiger partial charge in [-0.15, -0.1) is 5.11 Å². The van der Waals surface area contributed by atoms with Gasteiger partial charge >= 0.3 is 16.6 Å². The maximum atomic E-state index is 7.19. The molecule has 0 aromatic carbocycles. The minimum Gasteiger partial charge on any atom is -0.649 e. The quantitative estimate of drug-likeness (QED) is 0.625. The second-order valence-electron chi connectivity index (χ2n) is 4.82. The summed E-state index contributed by atoms with van der Waals surface area (Å²) in [6, 6.07) is 0. The molecule has 19 heavy (non-hydrogen) atoms. The maximum absolute atomic E-state index is 7.19. The van der Waals surface area contributed by atoms with Gasteiger partial charge in [-0.3, -0.25) is 0 Å². The van der Waals surface area contributed by atoms with Gasteiger partial charge in [0.15, 0.2) is 0 Å². The normalized spacial score (nSPS) is 16.7. The first-order valence-electron chi connectivity index (χ1n) is 6.09. The van der Waals surface area contributed by atoms with Crippen LogP contribution in [0.5, 0.6) is 0 Å². The summed E-state index contributed by atoms with van der Waals surface area (Å²) < 4.78 is 7.01. The third-order valence-electron chi connectivity index (χ3n) is 2.89. The van der Waals surface area contributed by atoms with E-state index >= 15 is 0 Å². The van der Waals surface area contributed by atoms with Crippen LogP contribution < -0.4 is 0 Å². The van der Waals surface area contributed by atoms with Crippen molar-refractivity contribution < 1.29 is 3.79 Å². The molecule has 1 aliphatic heterocycles. The van der Waals surface area contributed by atoms with Gasteiger partial charge in [0, 0.05) is 6.20 Å². The lowest BCUT2D eigenvalue weighted by atomic mass is 10.1. The van der Waals surface area contributed by atoms with E-state index < -0.39 is 5.54 Å². The van der Waals surface area contributed by atoms with Crippen LogP contribution in [0, 0.1) is 6.57 Å². The number of aromatic nitrogens is 2. The third kappa shape index (κ3) is 2.42. The van der Waals surface area contributed by atoms with E-state index in [2.05, 4.69) is 27.1 Å². The molecule has 0 atom stereocenters. The van der Waals surface area contributed by atoms with Crippen molar-refractivity contribution in [1.29, 1.82) is 0 Å². The molecule has 1 aromatic heterocycles. The van der Waals surface area contributed by atoms with E-state index in [9.17, 15) is 0 Å². The molecule has 2 rings (SSSR count). The first-order chi connectivity index (χ1) is 9.03. The van der Waals surface area contributed by atoms with Gasteiger partial charge in [-0.2, -0.15) is 10.2 Å². The summed E-state index contributed by atoms with van der Waals surface area (Å²) in [6.45, 7) is 13.1. The van der Waals surface area contributed by atoms with Crippen molar-refractivity contribution in [2.24, 2.45) is 10.2 Å². The Balaban J connectivity index is 2.49. The van der Waals surface area contributed by atoms with Crippen molar-refractivity contribution in [2.45, 2.75) is 39.2 Å². The highest BCUT2D eigenvalue weighted by molar-refractivity contribution is 5.99. The molecule has 1 aliphatic rings.